The largest absolute Gasteiger partial charge is 0.351 e. The molecular formula is C17H19ClN6. The van der Waals surface area contributed by atoms with Gasteiger partial charge in [0, 0.05) is 44.3 Å². The third-order valence-electron chi connectivity index (χ3n) is 4.38. The molecule has 1 N–H and O–H groups in total. The van der Waals surface area contributed by atoms with Gasteiger partial charge in [-0.2, -0.15) is 5.10 Å². The van der Waals surface area contributed by atoms with Crippen LogP contribution in [-0.4, -0.2) is 38.7 Å². The summed E-state index contributed by atoms with van der Waals surface area (Å²) in [4.78, 5) is 6.94. The topological polar surface area (TPSA) is 58.4 Å². The summed E-state index contributed by atoms with van der Waals surface area (Å²) in [7, 11) is 0. The number of aromatic nitrogens is 4. The predicted octanol–water partition coefficient (Wildman–Crippen LogP) is 2.54. The maximum Gasteiger partial charge on any atom is 0.151 e. The number of hydrogen-bond donors (Lipinski definition) is 1. The minimum absolute atomic E-state index is 0.452. The van der Waals surface area contributed by atoms with Crippen molar-refractivity contribution in [2.45, 2.75) is 25.4 Å². The van der Waals surface area contributed by atoms with Gasteiger partial charge in [0.2, 0.25) is 0 Å². The lowest BCUT2D eigenvalue weighted by molar-refractivity contribution is 0.566. The van der Waals surface area contributed by atoms with E-state index in [0.717, 1.165) is 36.8 Å². The number of nitrogens with one attached hydrogen (secondary N) is 1. The number of fused-ring (bicyclic) bond motifs is 1. The van der Waals surface area contributed by atoms with E-state index in [0.29, 0.717) is 11.1 Å². The number of pyridine rings is 1. The Balaban J connectivity index is 1.37. The second-order valence-corrected chi connectivity index (χ2v) is 6.48. The normalized spacial score (nSPS) is 17.7. The molecule has 3 aromatic rings. The Hall–Kier alpha value is -2.18. The van der Waals surface area contributed by atoms with Crippen LogP contribution >= 0.6 is 11.6 Å². The molecule has 124 valence electrons. The van der Waals surface area contributed by atoms with E-state index in [1.54, 1.807) is 6.20 Å². The Morgan fingerprint density at radius 3 is 3.08 bits per heavy atom. The van der Waals surface area contributed by atoms with Gasteiger partial charge in [-0.3, -0.25) is 0 Å². The average molecular weight is 343 g/mol. The highest BCUT2D eigenvalue weighted by Gasteiger charge is 2.25. The summed E-state index contributed by atoms with van der Waals surface area (Å²) in [6.45, 7) is 2.69. The number of hydrogen-bond acceptors (Lipinski definition) is 5. The van der Waals surface area contributed by atoms with Gasteiger partial charge >= 0.3 is 0 Å². The fraction of sp³-hybridized carbons (Fsp3) is 0.353. The van der Waals surface area contributed by atoms with Gasteiger partial charge in [-0.05, 0) is 37.1 Å². The van der Waals surface area contributed by atoms with E-state index in [-0.39, 0.29) is 0 Å². The third kappa shape index (κ3) is 3.20. The van der Waals surface area contributed by atoms with Crippen molar-refractivity contribution in [3.8, 4) is 0 Å². The summed E-state index contributed by atoms with van der Waals surface area (Å²) in [6.07, 6.45) is 7.96. The molecule has 1 fully saturated rings. The summed E-state index contributed by atoms with van der Waals surface area (Å²) in [6, 6.07) is 8.20. The third-order valence-corrected chi connectivity index (χ3v) is 4.60. The molecule has 4 heterocycles. The van der Waals surface area contributed by atoms with Crippen molar-refractivity contribution < 1.29 is 0 Å². The average Bonchev–Trinajstić information content (AvgIpc) is 3.22. The summed E-state index contributed by atoms with van der Waals surface area (Å²) in [5.41, 5.74) is 1.93. The summed E-state index contributed by atoms with van der Waals surface area (Å²) in [5.74, 6) is 0.962. The number of anilines is 1. The van der Waals surface area contributed by atoms with Crippen LogP contribution in [0.5, 0.6) is 0 Å². The van der Waals surface area contributed by atoms with E-state index >= 15 is 0 Å². The highest BCUT2D eigenvalue weighted by Crippen LogP contribution is 2.22. The Bertz CT molecular complexity index is 818. The van der Waals surface area contributed by atoms with Gasteiger partial charge in [0.15, 0.2) is 5.82 Å². The van der Waals surface area contributed by atoms with E-state index in [1.165, 1.54) is 12.8 Å². The number of halogens is 1. The smallest absolute Gasteiger partial charge is 0.151 e. The molecule has 4 rings (SSSR count). The van der Waals surface area contributed by atoms with Gasteiger partial charge in [0.1, 0.15) is 5.65 Å². The van der Waals surface area contributed by atoms with Crippen molar-refractivity contribution in [2.75, 3.05) is 18.0 Å². The molecule has 0 aliphatic carbocycles. The minimum atomic E-state index is 0.452. The molecule has 0 saturated carbocycles. The molecule has 1 aliphatic heterocycles. The van der Waals surface area contributed by atoms with Gasteiger partial charge in [0.25, 0.3) is 0 Å². The fourth-order valence-electron chi connectivity index (χ4n) is 3.27. The zero-order chi connectivity index (χ0) is 16.4. The first-order chi connectivity index (χ1) is 11.8. The maximum atomic E-state index is 6.01. The van der Waals surface area contributed by atoms with Crippen LogP contribution in [0.15, 0.2) is 42.9 Å². The zero-order valence-corrected chi connectivity index (χ0v) is 14.0. The molecule has 3 aromatic heterocycles. The van der Waals surface area contributed by atoms with Gasteiger partial charge in [-0.15, -0.1) is 5.10 Å². The van der Waals surface area contributed by atoms with E-state index in [4.69, 9.17) is 11.6 Å². The van der Waals surface area contributed by atoms with Crippen LogP contribution in [0.3, 0.4) is 0 Å². The lowest BCUT2D eigenvalue weighted by Crippen LogP contribution is -2.38. The first-order valence-electron chi connectivity index (χ1n) is 8.18. The highest BCUT2D eigenvalue weighted by atomic mass is 35.5. The maximum absolute atomic E-state index is 6.01. The Kier molecular flexibility index (Phi) is 4.32. The van der Waals surface area contributed by atoms with Crippen LogP contribution in [0.4, 0.5) is 5.82 Å². The van der Waals surface area contributed by atoms with Crippen LogP contribution in [0.25, 0.3) is 5.65 Å². The van der Waals surface area contributed by atoms with Gasteiger partial charge < -0.3 is 14.6 Å². The molecule has 1 atom stereocenters. The number of rotatable bonds is 5. The molecule has 0 unspecified atom stereocenters. The molecule has 1 saturated heterocycles. The molecule has 0 amide bonds. The van der Waals surface area contributed by atoms with Crippen LogP contribution in [-0.2, 0) is 6.54 Å². The predicted molar refractivity (Wildman–Crippen MR) is 94.3 cm³/mol. The standard InChI is InChI=1S/C17H19ClN6/c18-13-5-6-16-21-14(12-23(16)11-13)9-19-10-15-3-2-8-24(15)17-4-1-7-20-22-17/h1,4-7,11-12,15,19H,2-3,8-10H2/t15-/m0/s1. The first-order valence-corrected chi connectivity index (χ1v) is 8.55. The lowest BCUT2D eigenvalue weighted by Gasteiger charge is -2.25. The molecule has 6 nitrogen and oxygen atoms in total. The summed E-state index contributed by atoms with van der Waals surface area (Å²) in [5, 5.41) is 12.5. The second-order valence-electron chi connectivity index (χ2n) is 6.05. The van der Waals surface area contributed by atoms with Crippen LogP contribution in [0, 0.1) is 0 Å². The van der Waals surface area contributed by atoms with Gasteiger partial charge in [-0.25, -0.2) is 4.98 Å². The Morgan fingerprint density at radius 2 is 2.21 bits per heavy atom. The van der Waals surface area contributed by atoms with Crippen LogP contribution < -0.4 is 10.2 Å². The van der Waals surface area contributed by atoms with E-state index in [9.17, 15) is 0 Å². The Morgan fingerprint density at radius 1 is 1.25 bits per heavy atom. The van der Waals surface area contributed by atoms with Crippen molar-refractivity contribution in [2.24, 2.45) is 0 Å². The van der Waals surface area contributed by atoms with E-state index in [1.807, 2.05) is 41.1 Å². The monoisotopic (exact) mass is 342 g/mol. The van der Waals surface area contributed by atoms with Crippen molar-refractivity contribution in [1.82, 2.24) is 24.9 Å². The molecule has 1 aliphatic rings. The molecule has 0 spiro atoms. The molecule has 0 aromatic carbocycles. The lowest BCUT2D eigenvalue weighted by atomic mass is 10.2. The second kappa shape index (κ2) is 6.75. The minimum Gasteiger partial charge on any atom is -0.351 e. The number of nitrogens with zero attached hydrogens (tertiary/aromatic N) is 5. The van der Waals surface area contributed by atoms with Crippen molar-refractivity contribution in [1.29, 1.82) is 0 Å². The van der Waals surface area contributed by atoms with Crippen molar-refractivity contribution in [3.05, 3.63) is 53.6 Å². The summed E-state index contributed by atoms with van der Waals surface area (Å²) >= 11 is 6.01. The first kappa shape index (κ1) is 15.4. The molecular weight excluding hydrogens is 324 g/mol. The Labute approximate surface area is 145 Å². The summed E-state index contributed by atoms with van der Waals surface area (Å²) < 4.78 is 1.96. The molecule has 0 radical (unpaired) electrons. The SMILES string of the molecule is Clc1ccc2nc(CNC[C@@H]3CCCN3c3cccnn3)cn2c1. The van der Waals surface area contributed by atoms with Crippen molar-refractivity contribution in [3.63, 3.8) is 0 Å². The fourth-order valence-corrected chi connectivity index (χ4v) is 3.43. The highest BCUT2D eigenvalue weighted by molar-refractivity contribution is 6.30. The molecule has 24 heavy (non-hydrogen) atoms. The van der Waals surface area contributed by atoms with Crippen LogP contribution in [0.2, 0.25) is 5.02 Å². The van der Waals surface area contributed by atoms with E-state index in [2.05, 4.69) is 25.4 Å². The van der Waals surface area contributed by atoms with Gasteiger partial charge in [-0.1, -0.05) is 11.6 Å². The molecule has 0 bridgehead atoms. The van der Waals surface area contributed by atoms with Crippen LogP contribution in [0.1, 0.15) is 18.5 Å². The van der Waals surface area contributed by atoms with Gasteiger partial charge in [0.05, 0.1) is 10.7 Å². The zero-order valence-electron chi connectivity index (χ0n) is 13.3. The molecule has 7 heteroatoms. The number of imidazole rings is 1. The van der Waals surface area contributed by atoms with Crippen molar-refractivity contribution >= 4 is 23.1 Å². The van der Waals surface area contributed by atoms with E-state index < -0.39 is 0 Å². The quantitative estimate of drug-likeness (QED) is 0.772.